The van der Waals surface area contributed by atoms with Gasteiger partial charge in [-0.3, -0.25) is 28.3 Å². The van der Waals surface area contributed by atoms with Crippen LogP contribution in [-0.4, -0.2) is 43.2 Å². The zero-order chi connectivity index (χ0) is 21.7. The van der Waals surface area contributed by atoms with Crippen molar-refractivity contribution in [1.82, 2.24) is 4.90 Å². The molecule has 1 saturated heterocycles. The fourth-order valence-corrected chi connectivity index (χ4v) is 3.62. The van der Waals surface area contributed by atoms with E-state index in [-0.39, 0.29) is 9.80 Å². The third kappa shape index (κ3) is 5.41. The van der Waals surface area contributed by atoms with E-state index in [1.807, 2.05) is 0 Å². The van der Waals surface area contributed by atoms with Gasteiger partial charge in [0.2, 0.25) is 11.8 Å². The topological polar surface area (TPSA) is 136 Å². The molecule has 4 amide bonds. The van der Waals surface area contributed by atoms with E-state index in [4.69, 9.17) is 0 Å². The van der Waals surface area contributed by atoms with Crippen LogP contribution < -0.4 is 10.6 Å². The Hall–Kier alpha value is -3.28. The van der Waals surface area contributed by atoms with Crippen molar-refractivity contribution in [2.75, 3.05) is 17.2 Å². The molecule has 1 unspecified atom stereocenters. The Morgan fingerprint density at radius 3 is 2.27 bits per heavy atom. The Kier molecular flexibility index (Phi) is 6.77. The fraction of sp³-hybridized carbons (Fsp3) is 0.0526. The van der Waals surface area contributed by atoms with Gasteiger partial charge in [-0.1, -0.05) is 18.2 Å². The summed E-state index contributed by atoms with van der Waals surface area (Å²) in [4.78, 5) is 49.4. The summed E-state index contributed by atoms with van der Waals surface area (Å²) in [7, 11) is 0. The number of nitrogens with zero attached hydrogens (tertiary/aromatic N) is 1. The van der Waals surface area contributed by atoms with Crippen LogP contribution in [0.2, 0.25) is 0 Å². The highest BCUT2D eigenvalue weighted by Crippen LogP contribution is 2.30. The van der Waals surface area contributed by atoms with Crippen molar-refractivity contribution in [2.45, 2.75) is 4.90 Å². The SMILES string of the molecule is O=C(/C=C1\SC(=O)N(CC(=O)Nc2ccc(S(=O)[O-])cc2)C1=O)Nc1ccccc1. The lowest BCUT2D eigenvalue weighted by Crippen LogP contribution is -2.36. The minimum absolute atomic E-state index is 0.0536. The molecule has 30 heavy (non-hydrogen) atoms. The summed E-state index contributed by atoms with van der Waals surface area (Å²) in [5, 5.41) is 4.37. The molecule has 11 heteroatoms. The van der Waals surface area contributed by atoms with E-state index < -0.39 is 40.6 Å². The predicted octanol–water partition coefficient (Wildman–Crippen LogP) is 2.08. The van der Waals surface area contributed by atoms with Gasteiger partial charge >= 0.3 is 0 Å². The Morgan fingerprint density at radius 1 is 1.00 bits per heavy atom. The average Bonchev–Trinajstić information content (AvgIpc) is 2.96. The van der Waals surface area contributed by atoms with Crippen LogP contribution in [-0.2, 0) is 25.5 Å². The minimum Gasteiger partial charge on any atom is -0.768 e. The molecular formula is C19H14N3O6S2-. The van der Waals surface area contributed by atoms with Crippen molar-refractivity contribution < 1.29 is 27.9 Å². The van der Waals surface area contributed by atoms with Gasteiger partial charge in [-0.25, -0.2) is 0 Å². The molecule has 0 radical (unpaired) electrons. The first-order valence-corrected chi connectivity index (χ1v) is 10.3. The number of imide groups is 1. The normalized spacial score (nSPS) is 15.9. The number of carbonyl (C=O) groups is 4. The van der Waals surface area contributed by atoms with Crippen LogP contribution in [0.15, 0.2) is 70.5 Å². The van der Waals surface area contributed by atoms with Crippen molar-refractivity contribution >= 4 is 57.2 Å². The van der Waals surface area contributed by atoms with Crippen molar-refractivity contribution in [3.8, 4) is 0 Å². The lowest BCUT2D eigenvalue weighted by molar-refractivity contribution is -0.127. The third-order valence-corrected chi connectivity index (χ3v) is 5.37. The lowest BCUT2D eigenvalue weighted by atomic mass is 10.3. The third-order valence-electron chi connectivity index (χ3n) is 3.81. The van der Waals surface area contributed by atoms with E-state index >= 15 is 0 Å². The predicted molar refractivity (Wildman–Crippen MR) is 110 cm³/mol. The molecule has 1 fully saturated rings. The second-order valence-electron chi connectivity index (χ2n) is 5.93. The number of nitrogens with one attached hydrogen (secondary N) is 2. The fourth-order valence-electron chi connectivity index (χ4n) is 2.45. The molecule has 9 nitrogen and oxygen atoms in total. The van der Waals surface area contributed by atoms with Gasteiger partial charge in [0.25, 0.3) is 11.1 Å². The van der Waals surface area contributed by atoms with Crippen LogP contribution in [0.5, 0.6) is 0 Å². The number of rotatable bonds is 6. The van der Waals surface area contributed by atoms with E-state index in [0.717, 1.165) is 11.0 Å². The van der Waals surface area contributed by atoms with Gasteiger partial charge in [0, 0.05) is 22.3 Å². The summed E-state index contributed by atoms with van der Waals surface area (Å²) in [5.41, 5.74) is 0.836. The summed E-state index contributed by atoms with van der Waals surface area (Å²) in [6.07, 6.45) is 1.01. The van der Waals surface area contributed by atoms with Gasteiger partial charge in [0.1, 0.15) is 6.54 Å². The molecule has 1 atom stereocenters. The molecule has 1 aliphatic rings. The molecule has 154 valence electrons. The van der Waals surface area contributed by atoms with Crippen LogP contribution in [0, 0.1) is 0 Å². The maximum Gasteiger partial charge on any atom is 0.294 e. The van der Waals surface area contributed by atoms with Gasteiger partial charge < -0.3 is 15.2 Å². The summed E-state index contributed by atoms with van der Waals surface area (Å²) in [6.45, 7) is -0.544. The monoisotopic (exact) mass is 444 g/mol. The lowest BCUT2D eigenvalue weighted by Gasteiger charge is -2.13. The second-order valence-corrected chi connectivity index (χ2v) is 7.86. The number of amides is 4. The zero-order valence-corrected chi connectivity index (χ0v) is 16.8. The molecule has 2 aromatic rings. The number of anilines is 2. The molecule has 1 heterocycles. The Balaban J connectivity index is 1.60. The highest BCUT2D eigenvalue weighted by atomic mass is 32.2. The molecule has 2 N–H and O–H groups in total. The second kappa shape index (κ2) is 9.48. The quantitative estimate of drug-likeness (QED) is 0.514. The van der Waals surface area contributed by atoms with Crippen LogP contribution in [0.1, 0.15) is 0 Å². The zero-order valence-electron chi connectivity index (χ0n) is 15.2. The van der Waals surface area contributed by atoms with E-state index in [0.29, 0.717) is 23.1 Å². The summed E-state index contributed by atoms with van der Waals surface area (Å²) in [6, 6.07) is 13.9. The van der Waals surface area contributed by atoms with Gasteiger partial charge in [-0.2, -0.15) is 0 Å². The molecule has 1 aliphatic heterocycles. The van der Waals surface area contributed by atoms with Gasteiger partial charge in [-0.05, 0) is 59.2 Å². The summed E-state index contributed by atoms with van der Waals surface area (Å²) < 4.78 is 21.7. The number of para-hydroxylation sites is 1. The first-order valence-electron chi connectivity index (χ1n) is 8.44. The number of hydrogen-bond donors (Lipinski definition) is 2. The maximum absolute atomic E-state index is 12.4. The Labute approximate surface area is 177 Å². The Morgan fingerprint density at radius 2 is 1.63 bits per heavy atom. The highest BCUT2D eigenvalue weighted by Gasteiger charge is 2.36. The molecule has 0 saturated carbocycles. The number of thioether (sulfide) groups is 1. The molecule has 3 rings (SSSR count). The first kappa shape index (κ1) is 21.4. The van der Waals surface area contributed by atoms with Crippen LogP contribution in [0.3, 0.4) is 0 Å². The largest absolute Gasteiger partial charge is 0.768 e. The number of benzene rings is 2. The van der Waals surface area contributed by atoms with Crippen molar-refractivity contribution in [3.05, 3.63) is 65.6 Å². The summed E-state index contributed by atoms with van der Waals surface area (Å²) >= 11 is -1.82. The molecule has 2 aromatic carbocycles. The molecule has 0 bridgehead atoms. The smallest absolute Gasteiger partial charge is 0.294 e. The van der Waals surface area contributed by atoms with Crippen LogP contribution in [0.25, 0.3) is 0 Å². The Bertz CT molecular complexity index is 1050. The van der Waals surface area contributed by atoms with Gasteiger partial charge in [0.15, 0.2) is 0 Å². The van der Waals surface area contributed by atoms with Gasteiger partial charge in [0.05, 0.1) is 4.91 Å². The van der Waals surface area contributed by atoms with Crippen LogP contribution in [0.4, 0.5) is 16.2 Å². The van der Waals surface area contributed by atoms with Crippen molar-refractivity contribution in [3.63, 3.8) is 0 Å². The molecular weight excluding hydrogens is 430 g/mol. The van der Waals surface area contributed by atoms with E-state index in [1.165, 1.54) is 24.3 Å². The van der Waals surface area contributed by atoms with E-state index in [9.17, 15) is 27.9 Å². The van der Waals surface area contributed by atoms with Crippen LogP contribution >= 0.6 is 11.8 Å². The minimum atomic E-state index is -2.39. The average molecular weight is 444 g/mol. The van der Waals surface area contributed by atoms with Crippen molar-refractivity contribution in [2.24, 2.45) is 0 Å². The van der Waals surface area contributed by atoms with E-state index in [2.05, 4.69) is 10.6 Å². The molecule has 0 aliphatic carbocycles. The van der Waals surface area contributed by atoms with E-state index in [1.54, 1.807) is 30.3 Å². The standard InChI is InChI=1S/C19H15N3O6S2/c23-16(20-12-4-2-1-3-5-12)10-15-18(25)22(19(26)29-15)11-17(24)21-13-6-8-14(9-7-13)30(27)28/h1-10H,11H2,(H,20,23)(H,21,24)(H,27,28)/p-1/b15-10-. The van der Waals surface area contributed by atoms with Gasteiger partial charge in [-0.15, -0.1) is 0 Å². The summed E-state index contributed by atoms with van der Waals surface area (Å²) in [5.74, 6) is -1.98. The highest BCUT2D eigenvalue weighted by molar-refractivity contribution is 8.18. The first-order chi connectivity index (χ1) is 14.3. The molecule has 0 aromatic heterocycles. The van der Waals surface area contributed by atoms with Crippen molar-refractivity contribution in [1.29, 1.82) is 0 Å². The molecule has 0 spiro atoms. The number of hydrogen-bond acceptors (Lipinski definition) is 7. The number of carbonyl (C=O) groups excluding carboxylic acids is 4. The maximum atomic E-state index is 12.4.